The van der Waals surface area contributed by atoms with Crippen LogP contribution in [0.1, 0.15) is 0 Å². The summed E-state index contributed by atoms with van der Waals surface area (Å²) in [6.07, 6.45) is 0. The fraction of sp³-hybridized carbons (Fsp3) is 0. The largest absolute Gasteiger partial charge is 0.456 e. The van der Waals surface area contributed by atoms with E-state index in [1.54, 1.807) is 0 Å². The van der Waals surface area contributed by atoms with Crippen LogP contribution in [0, 0.1) is 0 Å². The van der Waals surface area contributed by atoms with Gasteiger partial charge in [0.25, 0.3) is 0 Å². The molecule has 10 aromatic rings. The third-order valence-corrected chi connectivity index (χ3v) is 9.52. The first-order valence-electron chi connectivity index (χ1n) is 16.5. The van der Waals surface area contributed by atoms with Gasteiger partial charge in [0.1, 0.15) is 11.2 Å². The van der Waals surface area contributed by atoms with Crippen LogP contribution in [0.15, 0.2) is 168 Å². The summed E-state index contributed by atoms with van der Waals surface area (Å²) in [5.41, 5.74) is 6.87. The van der Waals surface area contributed by atoms with Gasteiger partial charge in [0.15, 0.2) is 17.5 Å². The highest BCUT2D eigenvalue weighted by Crippen LogP contribution is 2.45. The Bertz CT molecular complexity index is 2820. The lowest BCUT2D eigenvalue weighted by atomic mass is 9.89. The Hall–Kier alpha value is -6.65. The molecule has 0 N–H and O–H groups in total. The SMILES string of the molecule is c1ccc(-c2nc(-c3ccccc3)nc(-c3cccc4c(-c5cc6oc7ccccc7c6c6c5ccc5ccccc56)cccc34)n2)cc1. The van der Waals surface area contributed by atoms with Crippen LogP contribution in [-0.4, -0.2) is 15.0 Å². The van der Waals surface area contributed by atoms with Gasteiger partial charge in [-0.25, -0.2) is 15.0 Å². The second kappa shape index (κ2) is 11.0. The number of benzene rings is 8. The normalized spacial score (nSPS) is 11.7. The Morgan fingerprint density at radius 1 is 0.327 bits per heavy atom. The van der Waals surface area contributed by atoms with Crippen molar-refractivity contribution in [3.63, 3.8) is 0 Å². The molecule has 0 saturated carbocycles. The Morgan fingerprint density at radius 3 is 1.63 bits per heavy atom. The van der Waals surface area contributed by atoms with Crippen molar-refractivity contribution in [2.24, 2.45) is 0 Å². The van der Waals surface area contributed by atoms with Gasteiger partial charge < -0.3 is 4.42 Å². The second-order valence-corrected chi connectivity index (χ2v) is 12.3. The summed E-state index contributed by atoms with van der Waals surface area (Å²) < 4.78 is 6.56. The van der Waals surface area contributed by atoms with Gasteiger partial charge in [-0.3, -0.25) is 0 Å². The maximum atomic E-state index is 6.56. The first-order valence-corrected chi connectivity index (χ1v) is 16.5. The van der Waals surface area contributed by atoms with E-state index in [1.807, 2.05) is 66.7 Å². The molecule has 0 aliphatic carbocycles. The van der Waals surface area contributed by atoms with Crippen molar-refractivity contribution in [3.8, 4) is 45.3 Å². The van der Waals surface area contributed by atoms with Gasteiger partial charge in [0.2, 0.25) is 0 Å². The summed E-state index contributed by atoms with van der Waals surface area (Å²) in [6, 6.07) is 56.8. The fourth-order valence-electron chi connectivity index (χ4n) is 7.29. The molecule has 8 aromatic carbocycles. The molecule has 4 heteroatoms. The molecule has 2 aromatic heterocycles. The summed E-state index contributed by atoms with van der Waals surface area (Å²) in [5, 5.41) is 9.29. The minimum atomic E-state index is 0.638. The van der Waals surface area contributed by atoms with Crippen LogP contribution in [0.4, 0.5) is 0 Å². The van der Waals surface area contributed by atoms with Crippen LogP contribution in [0.2, 0.25) is 0 Å². The van der Waals surface area contributed by atoms with Crippen LogP contribution in [0.3, 0.4) is 0 Å². The average molecular weight is 626 g/mol. The zero-order valence-corrected chi connectivity index (χ0v) is 26.3. The first-order chi connectivity index (χ1) is 24.3. The van der Waals surface area contributed by atoms with E-state index in [0.717, 1.165) is 60.5 Å². The van der Waals surface area contributed by atoms with E-state index in [4.69, 9.17) is 19.4 Å². The van der Waals surface area contributed by atoms with Gasteiger partial charge in [-0.05, 0) is 50.2 Å². The van der Waals surface area contributed by atoms with E-state index < -0.39 is 0 Å². The monoisotopic (exact) mass is 625 g/mol. The number of hydrogen-bond donors (Lipinski definition) is 0. The highest BCUT2D eigenvalue weighted by atomic mass is 16.3. The maximum Gasteiger partial charge on any atom is 0.164 e. The minimum Gasteiger partial charge on any atom is -0.456 e. The topological polar surface area (TPSA) is 51.8 Å². The van der Waals surface area contributed by atoms with Crippen LogP contribution in [0.25, 0.3) is 99.5 Å². The van der Waals surface area contributed by atoms with Gasteiger partial charge in [-0.2, -0.15) is 0 Å². The predicted molar refractivity (Wildman–Crippen MR) is 201 cm³/mol. The quantitative estimate of drug-likeness (QED) is 0.183. The van der Waals surface area contributed by atoms with E-state index in [0.29, 0.717) is 17.5 Å². The van der Waals surface area contributed by atoms with Crippen LogP contribution < -0.4 is 0 Å². The number of para-hydroxylation sites is 1. The summed E-state index contributed by atoms with van der Waals surface area (Å²) in [6.45, 7) is 0. The summed E-state index contributed by atoms with van der Waals surface area (Å²) in [7, 11) is 0. The molecule has 0 atom stereocenters. The lowest BCUT2D eigenvalue weighted by molar-refractivity contribution is 0.669. The summed E-state index contributed by atoms with van der Waals surface area (Å²) in [4.78, 5) is 15.0. The first kappa shape index (κ1) is 27.5. The molecule has 0 spiro atoms. The Kier molecular flexibility index (Phi) is 6.15. The highest BCUT2D eigenvalue weighted by molar-refractivity contribution is 6.30. The summed E-state index contributed by atoms with van der Waals surface area (Å²) in [5.74, 6) is 1.93. The number of aromatic nitrogens is 3. The standard InChI is InChI=1S/C45H27N3O/c1-3-14-29(15-4-1)43-46-44(30-16-5-2-6-17-30)48-45(47-43)36-23-12-20-32-33(36)21-11-22-34(32)38-27-40-42(37-19-9-10-24-39(37)49-40)41-31-18-8-7-13-28(31)25-26-35(38)41/h1-27H. The average Bonchev–Trinajstić information content (AvgIpc) is 3.56. The number of nitrogens with zero attached hydrogens (tertiary/aromatic N) is 3. The molecule has 0 bridgehead atoms. The van der Waals surface area contributed by atoms with Crippen molar-refractivity contribution in [3.05, 3.63) is 164 Å². The van der Waals surface area contributed by atoms with Crippen molar-refractivity contribution in [1.29, 1.82) is 0 Å². The van der Waals surface area contributed by atoms with Crippen molar-refractivity contribution in [2.75, 3.05) is 0 Å². The molecule has 0 fully saturated rings. The van der Waals surface area contributed by atoms with Gasteiger partial charge in [0, 0.05) is 32.8 Å². The van der Waals surface area contributed by atoms with Crippen molar-refractivity contribution in [2.45, 2.75) is 0 Å². The van der Waals surface area contributed by atoms with E-state index in [2.05, 4.69) is 97.1 Å². The van der Waals surface area contributed by atoms with Crippen molar-refractivity contribution < 1.29 is 4.42 Å². The fourth-order valence-corrected chi connectivity index (χ4v) is 7.29. The van der Waals surface area contributed by atoms with E-state index in [1.165, 1.54) is 21.5 Å². The molecular weight excluding hydrogens is 599 g/mol. The van der Waals surface area contributed by atoms with E-state index >= 15 is 0 Å². The predicted octanol–water partition coefficient (Wildman–Crippen LogP) is 11.9. The third kappa shape index (κ3) is 4.42. The molecule has 4 nitrogen and oxygen atoms in total. The Balaban J connectivity index is 1.25. The van der Waals surface area contributed by atoms with Gasteiger partial charge in [-0.15, -0.1) is 0 Å². The molecule has 0 aliphatic heterocycles. The van der Waals surface area contributed by atoms with E-state index in [9.17, 15) is 0 Å². The molecule has 0 unspecified atom stereocenters. The molecule has 10 rings (SSSR count). The number of rotatable bonds is 4. The smallest absolute Gasteiger partial charge is 0.164 e. The van der Waals surface area contributed by atoms with E-state index in [-0.39, 0.29) is 0 Å². The van der Waals surface area contributed by atoms with Crippen molar-refractivity contribution >= 4 is 54.3 Å². The molecule has 0 amide bonds. The third-order valence-electron chi connectivity index (χ3n) is 9.52. The number of furan rings is 1. The number of fused-ring (bicyclic) bond motifs is 8. The van der Waals surface area contributed by atoms with Crippen LogP contribution in [0.5, 0.6) is 0 Å². The van der Waals surface area contributed by atoms with Crippen LogP contribution in [-0.2, 0) is 0 Å². The summed E-state index contributed by atoms with van der Waals surface area (Å²) >= 11 is 0. The minimum absolute atomic E-state index is 0.638. The molecule has 228 valence electrons. The van der Waals surface area contributed by atoms with Crippen LogP contribution >= 0.6 is 0 Å². The maximum absolute atomic E-state index is 6.56. The Labute approximate surface area is 282 Å². The molecule has 49 heavy (non-hydrogen) atoms. The van der Waals surface area contributed by atoms with Gasteiger partial charge in [-0.1, -0.05) is 152 Å². The molecule has 0 saturated heterocycles. The van der Waals surface area contributed by atoms with Gasteiger partial charge in [0.05, 0.1) is 0 Å². The van der Waals surface area contributed by atoms with Crippen molar-refractivity contribution in [1.82, 2.24) is 15.0 Å². The lowest BCUT2D eigenvalue weighted by Gasteiger charge is -2.15. The van der Waals surface area contributed by atoms with Gasteiger partial charge >= 0.3 is 0 Å². The lowest BCUT2D eigenvalue weighted by Crippen LogP contribution is -2.00. The highest BCUT2D eigenvalue weighted by Gasteiger charge is 2.20. The molecule has 0 aliphatic rings. The zero-order valence-electron chi connectivity index (χ0n) is 26.3. The zero-order chi connectivity index (χ0) is 32.3. The molecule has 2 heterocycles. The Morgan fingerprint density at radius 2 is 0.898 bits per heavy atom. The molecule has 0 radical (unpaired) electrons. The second-order valence-electron chi connectivity index (χ2n) is 12.3. The number of hydrogen-bond acceptors (Lipinski definition) is 4. The molecular formula is C45H27N3O.